The van der Waals surface area contributed by atoms with Crippen molar-refractivity contribution in [3.05, 3.63) is 0 Å². The number of alkyl carbamates (subject to hydrolysis) is 1. The number of carbonyl (C=O) groups is 1. The van der Waals surface area contributed by atoms with Gasteiger partial charge in [0, 0.05) is 13.1 Å². The smallest absolute Gasteiger partial charge is 0.407 e. The number of carbonyl (C=O) groups excluding carboxylic acids is 1. The van der Waals surface area contributed by atoms with E-state index in [4.69, 9.17) is 10.5 Å². The molecule has 0 spiro atoms. The maximum Gasteiger partial charge on any atom is 0.407 e. The molecule has 17 heavy (non-hydrogen) atoms. The van der Waals surface area contributed by atoms with Crippen molar-refractivity contribution in [3.63, 3.8) is 0 Å². The van der Waals surface area contributed by atoms with Crippen LogP contribution in [-0.4, -0.2) is 49.8 Å². The van der Waals surface area contributed by atoms with E-state index in [1.54, 1.807) is 0 Å². The zero-order chi connectivity index (χ0) is 12.9. The van der Waals surface area contributed by atoms with Crippen LogP contribution in [-0.2, 0) is 4.74 Å². The van der Waals surface area contributed by atoms with Crippen LogP contribution in [0.4, 0.5) is 4.79 Å². The Hall–Kier alpha value is -0.810. The summed E-state index contributed by atoms with van der Waals surface area (Å²) < 4.78 is 5.16. The number of hydrogen-bond acceptors (Lipinski definition) is 4. The molecule has 1 saturated heterocycles. The fourth-order valence-electron chi connectivity index (χ4n) is 2.04. The van der Waals surface area contributed by atoms with Gasteiger partial charge in [0.1, 0.15) is 6.10 Å². The zero-order valence-electron chi connectivity index (χ0n) is 11.2. The van der Waals surface area contributed by atoms with Crippen LogP contribution in [0, 0.1) is 5.41 Å². The molecule has 3 N–H and O–H groups in total. The van der Waals surface area contributed by atoms with E-state index in [0.29, 0.717) is 13.1 Å². The minimum absolute atomic E-state index is 0.0253. The Morgan fingerprint density at radius 2 is 2.29 bits per heavy atom. The first-order valence-electron chi connectivity index (χ1n) is 6.34. The molecule has 0 aromatic rings. The molecule has 1 aliphatic rings. The maximum atomic E-state index is 11.0. The number of hydrogen-bond donors (Lipinski definition) is 2. The second-order valence-electron chi connectivity index (χ2n) is 5.51. The lowest BCUT2D eigenvalue weighted by atomic mass is 9.93. The number of ether oxygens (including phenoxy) is 1. The van der Waals surface area contributed by atoms with Crippen LogP contribution >= 0.6 is 0 Å². The molecule has 1 unspecified atom stereocenters. The molecule has 100 valence electrons. The predicted molar refractivity (Wildman–Crippen MR) is 67.8 cm³/mol. The van der Waals surface area contributed by atoms with Crippen LogP contribution in [0.3, 0.4) is 0 Å². The van der Waals surface area contributed by atoms with E-state index < -0.39 is 0 Å². The summed E-state index contributed by atoms with van der Waals surface area (Å²) in [6, 6.07) is 0. The summed E-state index contributed by atoms with van der Waals surface area (Å²) in [5, 5.41) is 2.68. The van der Waals surface area contributed by atoms with Gasteiger partial charge in [0.15, 0.2) is 0 Å². The average molecular weight is 243 g/mol. The van der Waals surface area contributed by atoms with Crippen LogP contribution < -0.4 is 11.1 Å². The van der Waals surface area contributed by atoms with Crippen LogP contribution in [0.25, 0.3) is 0 Å². The molecular weight excluding hydrogens is 218 g/mol. The molecular formula is C12H25N3O2. The van der Waals surface area contributed by atoms with E-state index in [1.165, 1.54) is 0 Å². The van der Waals surface area contributed by atoms with Gasteiger partial charge in [-0.15, -0.1) is 0 Å². The average Bonchev–Trinajstić information content (AvgIpc) is 2.64. The first-order valence-corrected chi connectivity index (χ1v) is 6.34. The quantitative estimate of drug-likeness (QED) is 0.694. The number of cyclic esters (lactones) is 1. The summed E-state index contributed by atoms with van der Waals surface area (Å²) in [7, 11) is 0. The van der Waals surface area contributed by atoms with Crippen molar-refractivity contribution in [2.45, 2.75) is 33.3 Å². The number of nitrogens with zero attached hydrogens (tertiary/aromatic N) is 1. The largest absolute Gasteiger partial charge is 0.443 e. The van der Waals surface area contributed by atoms with Crippen molar-refractivity contribution in [3.8, 4) is 0 Å². The van der Waals surface area contributed by atoms with Gasteiger partial charge in [0.2, 0.25) is 0 Å². The second kappa shape index (κ2) is 6.21. The van der Waals surface area contributed by atoms with Crippen molar-refractivity contribution in [1.29, 1.82) is 0 Å². The minimum atomic E-state index is -0.301. The standard InChI is InChI=1S/C12H25N3O2/c1-4-5-15(9-12(2,3)8-13)7-10-6-14-11(16)17-10/h10H,4-9,13H2,1-3H3,(H,14,16). The third-order valence-corrected chi connectivity index (χ3v) is 2.95. The van der Waals surface area contributed by atoms with Crippen molar-refractivity contribution in [2.75, 3.05) is 32.7 Å². The molecule has 1 rings (SSSR count). The van der Waals surface area contributed by atoms with Gasteiger partial charge in [0.05, 0.1) is 6.54 Å². The monoisotopic (exact) mass is 243 g/mol. The summed E-state index contributed by atoms with van der Waals surface area (Å²) in [6.45, 7) is 10.5. The van der Waals surface area contributed by atoms with E-state index in [1.807, 2.05) is 0 Å². The minimum Gasteiger partial charge on any atom is -0.443 e. The summed E-state index contributed by atoms with van der Waals surface area (Å²) >= 11 is 0. The number of nitrogens with one attached hydrogen (secondary N) is 1. The van der Waals surface area contributed by atoms with Gasteiger partial charge in [-0.3, -0.25) is 4.90 Å². The summed E-state index contributed by atoms with van der Waals surface area (Å²) in [5.41, 5.74) is 5.86. The Morgan fingerprint density at radius 3 is 2.76 bits per heavy atom. The molecule has 1 amide bonds. The fraction of sp³-hybridized carbons (Fsp3) is 0.917. The van der Waals surface area contributed by atoms with Crippen molar-refractivity contribution >= 4 is 6.09 Å². The van der Waals surface area contributed by atoms with Gasteiger partial charge in [-0.2, -0.15) is 0 Å². The van der Waals surface area contributed by atoms with E-state index >= 15 is 0 Å². The maximum absolute atomic E-state index is 11.0. The lowest BCUT2D eigenvalue weighted by Crippen LogP contribution is -2.43. The first kappa shape index (κ1) is 14.3. The Labute approximate surface area is 104 Å². The van der Waals surface area contributed by atoms with Crippen LogP contribution in [0.1, 0.15) is 27.2 Å². The molecule has 1 fully saturated rings. The van der Waals surface area contributed by atoms with E-state index in [9.17, 15) is 4.79 Å². The molecule has 5 nitrogen and oxygen atoms in total. The van der Waals surface area contributed by atoms with E-state index in [2.05, 4.69) is 31.0 Å². The molecule has 1 heterocycles. The summed E-state index contributed by atoms with van der Waals surface area (Å²) in [4.78, 5) is 13.3. The third-order valence-electron chi connectivity index (χ3n) is 2.95. The Bertz CT molecular complexity index is 256. The summed E-state index contributed by atoms with van der Waals surface area (Å²) in [6.07, 6.45) is 0.765. The molecule has 5 heteroatoms. The highest BCUT2D eigenvalue weighted by atomic mass is 16.6. The molecule has 0 saturated carbocycles. The van der Waals surface area contributed by atoms with Gasteiger partial charge in [0.25, 0.3) is 0 Å². The van der Waals surface area contributed by atoms with Crippen molar-refractivity contribution in [2.24, 2.45) is 11.1 Å². The predicted octanol–water partition coefficient (Wildman–Crippen LogP) is 0.792. The molecule has 0 aromatic heterocycles. The first-order chi connectivity index (χ1) is 7.96. The zero-order valence-corrected chi connectivity index (χ0v) is 11.2. The van der Waals surface area contributed by atoms with Gasteiger partial charge in [-0.25, -0.2) is 4.79 Å². The van der Waals surface area contributed by atoms with Gasteiger partial charge in [-0.1, -0.05) is 20.8 Å². The highest BCUT2D eigenvalue weighted by Gasteiger charge is 2.27. The van der Waals surface area contributed by atoms with Gasteiger partial charge >= 0.3 is 6.09 Å². The highest BCUT2D eigenvalue weighted by molar-refractivity contribution is 5.69. The van der Waals surface area contributed by atoms with Crippen molar-refractivity contribution in [1.82, 2.24) is 10.2 Å². The number of amides is 1. The van der Waals surface area contributed by atoms with Crippen LogP contribution in [0.2, 0.25) is 0 Å². The Balaban J connectivity index is 2.45. The van der Waals surface area contributed by atoms with Crippen molar-refractivity contribution < 1.29 is 9.53 Å². The molecule has 0 bridgehead atoms. The Kier molecular flexibility index (Phi) is 5.21. The lowest BCUT2D eigenvalue weighted by molar-refractivity contribution is 0.0916. The van der Waals surface area contributed by atoms with Gasteiger partial charge in [-0.05, 0) is 24.9 Å². The topological polar surface area (TPSA) is 67.6 Å². The molecule has 0 aromatic carbocycles. The van der Waals surface area contributed by atoms with E-state index in [0.717, 1.165) is 26.1 Å². The van der Waals surface area contributed by atoms with E-state index in [-0.39, 0.29) is 17.6 Å². The second-order valence-corrected chi connectivity index (χ2v) is 5.51. The molecule has 0 aliphatic carbocycles. The molecule has 0 radical (unpaired) electrons. The number of rotatable bonds is 7. The summed E-state index contributed by atoms with van der Waals surface area (Å²) in [5.74, 6) is 0. The normalized spacial score (nSPS) is 20.5. The Morgan fingerprint density at radius 1 is 1.59 bits per heavy atom. The molecule has 1 aliphatic heterocycles. The lowest BCUT2D eigenvalue weighted by Gasteiger charge is -2.32. The van der Waals surface area contributed by atoms with Gasteiger partial charge < -0.3 is 15.8 Å². The molecule has 1 atom stereocenters. The number of nitrogens with two attached hydrogens (primary N) is 1. The van der Waals surface area contributed by atoms with Crippen LogP contribution in [0.15, 0.2) is 0 Å². The highest BCUT2D eigenvalue weighted by Crippen LogP contribution is 2.16. The fourth-order valence-corrected chi connectivity index (χ4v) is 2.04. The van der Waals surface area contributed by atoms with Crippen LogP contribution in [0.5, 0.6) is 0 Å². The third kappa shape index (κ3) is 4.91. The SMILES string of the molecule is CCCN(CC1CNC(=O)O1)CC(C)(C)CN.